The van der Waals surface area contributed by atoms with Gasteiger partial charge < -0.3 is 29.4 Å². The van der Waals surface area contributed by atoms with Crippen molar-refractivity contribution >= 4 is 12.1 Å². The molecule has 0 spiro atoms. The van der Waals surface area contributed by atoms with E-state index in [2.05, 4.69) is 5.32 Å². The number of carboxylic acid groups (broad SMARTS) is 1. The van der Waals surface area contributed by atoms with Crippen LogP contribution in [0, 0.1) is 0 Å². The van der Waals surface area contributed by atoms with E-state index in [1.165, 1.54) is 0 Å². The van der Waals surface area contributed by atoms with E-state index >= 15 is 0 Å². The maximum Gasteiger partial charge on any atom is 0.408 e. The van der Waals surface area contributed by atoms with E-state index in [4.69, 9.17) is 18.9 Å². The molecule has 0 aliphatic carbocycles. The van der Waals surface area contributed by atoms with Crippen LogP contribution in [-0.2, 0) is 25.6 Å². The van der Waals surface area contributed by atoms with Crippen LogP contribution >= 0.6 is 0 Å². The van der Waals surface area contributed by atoms with Crippen molar-refractivity contribution < 1.29 is 33.6 Å². The van der Waals surface area contributed by atoms with Crippen LogP contribution in [0.4, 0.5) is 4.79 Å². The number of alkyl carbamates (subject to hydrolysis) is 1. The highest BCUT2D eigenvalue weighted by Crippen LogP contribution is 2.19. The molecule has 1 saturated heterocycles. The number of aliphatic carboxylic acids is 1. The summed E-state index contributed by atoms with van der Waals surface area (Å²) in [7, 11) is 0. The lowest BCUT2D eigenvalue weighted by molar-refractivity contribution is -0.165. The average Bonchev–Trinajstić information content (AvgIpc) is 2.81. The van der Waals surface area contributed by atoms with E-state index in [0.717, 1.165) is 31.4 Å². The van der Waals surface area contributed by atoms with E-state index in [-0.39, 0.29) is 12.9 Å². The third kappa shape index (κ3) is 7.58. The van der Waals surface area contributed by atoms with Crippen LogP contribution in [0.2, 0.25) is 0 Å². The quantitative estimate of drug-likeness (QED) is 0.556. The zero-order chi connectivity index (χ0) is 21.9. The van der Waals surface area contributed by atoms with Gasteiger partial charge in [-0.3, -0.25) is 0 Å². The van der Waals surface area contributed by atoms with Crippen LogP contribution in [0.5, 0.6) is 5.75 Å². The second kappa shape index (κ2) is 11.9. The number of hydrogen-bond donors (Lipinski definition) is 2. The summed E-state index contributed by atoms with van der Waals surface area (Å²) in [6, 6.07) is 14.4. The van der Waals surface area contributed by atoms with Gasteiger partial charge in [-0.2, -0.15) is 0 Å². The highest BCUT2D eigenvalue weighted by atomic mass is 16.7. The van der Waals surface area contributed by atoms with Gasteiger partial charge in [-0.1, -0.05) is 42.5 Å². The number of carbonyl (C=O) groups excluding carboxylic acids is 1. The summed E-state index contributed by atoms with van der Waals surface area (Å²) in [4.78, 5) is 23.7. The maximum absolute atomic E-state index is 12.0. The minimum absolute atomic E-state index is 0.0553. The molecule has 2 unspecified atom stereocenters. The molecule has 2 N–H and O–H groups in total. The van der Waals surface area contributed by atoms with Crippen LogP contribution in [0.15, 0.2) is 54.6 Å². The Hall–Kier alpha value is -3.10. The standard InChI is InChI=1S/C23H27NO7/c25-22(26)21(24-23(27)31-16-17-6-2-1-3-7-17)18-9-11-19(12-10-18)28-14-15-30-20-8-4-5-13-29-20/h1-3,6-7,9-12,20-21H,4-5,8,13-16H2,(H,24,27)(H,25,26). The van der Waals surface area contributed by atoms with E-state index < -0.39 is 18.1 Å². The van der Waals surface area contributed by atoms with E-state index in [1.54, 1.807) is 24.3 Å². The zero-order valence-electron chi connectivity index (χ0n) is 17.2. The third-order valence-electron chi connectivity index (χ3n) is 4.73. The Kier molecular flexibility index (Phi) is 8.69. The average molecular weight is 429 g/mol. The van der Waals surface area contributed by atoms with Gasteiger partial charge in [0.15, 0.2) is 12.3 Å². The van der Waals surface area contributed by atoms with Gasteiger partial charge in [0.25, 0.3) is 0 Å². The molecule has 2 atom stereocenters. The van der Waals surface area contributed by atoms with Crippen molar-refractivity contribution in [3.63, 3.8) is 0 Å². The van der Waals surface area contributed by atoms with Crippen molar-refractivity contribution in [1.82, 2.24) is 5.32 Å². The maximum atomic E-state index is 12.0. The molecular formula is C23H27NO7. The van der Waals surface area contributed by atoms with Gasteiger partial charge in [0.1, 0.15) is 19.0 Å². The lowest BCUT2D eigenvalue weighted by Gasteiger charge is -2.22. The Balaban J connectivity index is 1.44. The molecular weight excluding hydrogens is 402 g/mol. The monoisotopic (exact) mass is 429 g/mol. The smallest absolute Gasteiger partial charge is 0.408 e. The Labute approximate surface area is 181 Å². The molecule has 8 nitrogen and oxygen atoms in total. The minimum atomic E-state index is -1.23. The van der Waals surface area contributed by atoms with Crippen LogP contribution in [0.25, 0.3) is 0 Å². The molecule has 1 heterocycles. The van der Waals surface area contributed by atoms with E-state index in [9.17, 15) is 14.7 Å². The number of hydrogen-bond acceptors (Lipinski definition) is 6. The molecule has 1 amide bonds. The summed E-state index contributed by atoms with van der Waals surface area (Å²) in [6.45, 7) is 1.54. The number of nitrogens with one attached hydrogen (secondary N) is 1. The number of ether oxygens (including phenoxy) is 4. The predicted molar refractivity (Wildman–Crippen MR) is 112 cm³/mol. The van der Waals surface area contributed by atoms with Crippen LogP contribution in [-0.4, -0.2) is 43.3 Å². The Bertz CT molecular complexity index is 820. The summed E-state index contributed by atoms with van der Waals surface area (Å²) < 4.78 is 21.8. The van der Waals surface area contributed by atoms with Gasteiger partial charge in [-0.15, -0.1) is 0 Å². The summed E-state index contributed by atoms with van der Waals surface area (Å²) in [6.07, 6.45) is 2.10. The van der Waals surface area contributed by atoms with Crippen molar-refractivity contribution in [3.05, 3.63) is 65.7 Å². The molecule has 166 valence electrons. The van der Waals surface area contributed by atoms with Gasteiger partial charge in [0, 0.05) is 6.61 Å². The normalized spacial score (nSPS) is 16.8. The SMILES string of the molecule is O=C(NC(C(=O)O)c1ccc(OCCOC2CCCCO2)cc1)OCc1ccccc1. The number of carbonyl (C=O) groups is 2. The van der Waals surface area contributed by atoms with E-state index in [1.807, 2.05) is 30.3 Å². The first kappa shape index (κ1) is 22.6. The summed E-state index contributed by atoms with van der Waals surface area (Å²) in [5.41, 5.74) is 1.22. The number of benzene rings is 2. The first-order valence-corrected chi connectivity index (χ1v) is 10.3. The highest BCUT2D eigenvalue weighted by molar-refractivity contribution is 5.81. The Morgan fingerprint density at radius 1 is 1.06 bits per heavy atom. The molecule has 0 saturated carbocycles. The van der Waals surface area contributed by atoms with Gasteiger partial charge in [0.05, 0.1) is 6.61 Å². The fourth-order valence-electron chi connectivity index (χ4n) is 3.11. The van der Waals surface area contributed by atoms with Gasteiger partial charge in [-0.25, -0.2) is 9.59 Å². The molecule has 31 heavy (non-hydrogen) atoms. The molecule has 0 aromatic heterocycles. The minimum Gasteiger partial charge on any atom is -0.491 e. The Morgan fingerprint density at radius 2 is 1.84 bits per heavy atom. The third-order valence-corrected chi connectivity index (χ3v) is 4.73. The lowest BCUT2D eigenvalue weighted by Crippen LogP contribution is -2.34. The second-order valence-corrected chi connectivity index (χ2v) is 7.06. The molecule has 1 aliphatic heterocycles. The summed E-state index contributed by atoms with van der Waals surface area (Å²) in [5, 5.41) is 11.9. The van der Waals surface area contributed by atoms with Crippen molar-refractivity contribution in [3.8, 4) is 5.75 Å². The van der Waals surface area contributed by atoms with Gasteiger partial charge >= 0.3 is 12.1 Å². The first-order chi connectivity index (χ1) is 15.1. The van der Waals surface area contributed by atoms with Crippen molar-refractivity contribution in [2.45, 2.75) is 38.2 Å². The fraction of sp³-hybridized carbons (Fsp3) is 0.391. The lowest BCUT2D eigenvalue weighted by atomic mass is 10.1. The predicted octanol–water partition coefficient (Wildman–Crippen LogP) is 3.66. The summed E-state index contributed by atoms with van der Waals surface area (Å²) >= 11 is 0. The number of rotatable bonds is 10. The Morgan fingerprint density at radius 3 is 2.52 bits per heavy atom. The van der Waals surface area contributed by atoms with Crippen molar-refractivity contribution in [1.29, 1.82) is 0 Å². The fourth-order valence-corrected chi connectivity index (χ4v) is 3.11. The molecule has 0 radical (unpaired) electrons. The van der Waals surface area contributed by atoms with Crippen molar-refractivity contribution in [2.24, 2.45) is 0 Å². The van der Waals surface area contributed by atoms with Gasteiger partial charge in [0.2, 0.25) is 0 Å². The molecule has 2 aromatic carbocycles. The largest absolute Gasteiger partial charge is 0.491 e. The molecule has 0 bridgehead atoms. The van der Waals surface area contributed by atoms with Crippen LogP contribution < -0.4 is 10.1 Å². The van der Waals surface area contributed by atoms with Crippen molar-refractivity contribution in [2.75, 3.05) is 19.8 Å². The van der Waals surface area contributed by atoms with Gasteiger partial charge in [-0.05, 0) is 42.5 Å². The highest BCUT2D eigenvalue weighted by Gasteiger charge is 2.23. The number of carboxylic acids is 1. The van der Waals surface area contributed by atoms with E-state index in [0.29, 0.717) is 24.5 Å². The summed E-state index contributed by atoms with van der Waals surface area (Å²) in [5.74, 6) is -0.612. The number of amides is 1. The van der Waals surface area contributed by atoms with Crippen LogP contribution in [0.1, 0.15) is 36.4 Å². The molecule has 1 aliphatic rings. The first-order valence-electron chi connectivity index (χ1n) is 10.3. The molecule has 3 rings (SSSR count). The molecule has 2 aromatic rings. The van der Waals surface area contributed by atoms with Crippen LogP contribution in [0.3, 0.4) is 0 Å². The zero-order valence-corrected chi connectivity index (χ0v) is 17.2. The second-order valence-electron chi connectivity index (χ2n) is 7.06. The molecule has 1 fully saturated rings. The topological polar surface area (TPSA) is 103 Å². The molecule has 8 heteroatoms.